The maximum absolute atomic E-state index is 5.94. The summed E-state index contributed by atoms with van der Waals surface area (Å²) < 4.78 is 11.8. The van der Waals surface area contributed by atoms with Crippen LogP contribution in [0.5, 0.6) is 0 Å². The van der Waals surface area contributed by atoms with Gasteiger partial charge in [0.1, 0.15) is 0 Å². The molecule has 0 fully saturated rings. The van der Waals surface area contributed by atoms with Gasteiger partial charge in [0.05, 0.1) is 12.7 Å². The first-order chi connectivity index (χ1) is 18.3. The molecule has 0 aromatic carbocycles. The highest BCUT2D eigenvalue weighted by Crippen LogP contribution is 2.13. The maximum atomic E-state index is 5.94. The van der Waals surface area contributed by atoms with Crippen molar-refractivity contribution in [1.29, 1.82) is 0 Å². The summed E-state index contributed by atoms with van der Waals surface area (Å²) in [6.07, 6.45) is 40.8. The van der Waals surface area contributed by atoms with Crippen molar-refractivity contribution in [2.45, 2.75) is 194 Å². The highest BCUT2D eigenvalue weighted by molar-refractivity contribution is 4.81. The third-order valence-electron chi connectivity index (χ3n) is 7.55. The van der Waals surface area contributed by atoms with Gasteiger partial charge in [0, 0.05) is 13.2 Å². The van der Waals surface area contributed by atoms with Crippen molar-refractivity contribution in [2.24, 2.45) is 0 Å². The van der Waals surface area contributed by atoms with Gasteiger partial charge in [-0.3, -0.25) is 0 Å². The van der Waals surface area contributed by atoms with Crippen LogP contribution in [0.1, 0.15) is 188 Å². The quantitative estimate of drug-likeness (QED) is 0.0646. The Balaban J connectivity index is 3.17. The van der Waals surface area contributed by atoms with E-state index in [1.54, 1.807) is 0 Å². The molecule has 0 radical (unpaired) electrons. The summed E-state index contributed by atoms with van der Waals surface area (Å²) in [6, 6.07) is 0. The number of ether oxygens (including phenoxy) is 2. The molecule has 0 bridgehead atoms. The fourth-order valence-electron chi connectivity index (χ4n) is 4.98. The van der Waals surface area contributed by atoms with Crippen molar-refractivity contribution in [2.75, 3.05) is 19.8 Å². The standard InChI is InChI=1S/C35H70O2/c1-4-6-8-10-12-14-16-18-20-22-24-26-28-30-32-36-34-35(3)37-33-31-29-27-25-23-21-19-17-15-13-11-9-7-5-2/h15,17,35H,4-14,16,18-34H2,1-3H3/b17-15+. The van der Waals surface area contributed by atoms with Crippen molar-refractivity contribution in [1.82, 2.24) is 0 Å². The van der Waals surface area contributed by atoms with E-state index in [0.29, 0.717) is 0 Å². The zero-order valence-corrected chi connectivity index (χ0v) is 26.1. The lowest BCUT2D eigenvalue weighted by molar-refractivity contribution is -0.00869. The molecule has 0 saturated carbocycles. The fraction of sp³-hybridized carbons (Fsp3) is 0.943. The Hall–Kier alpha value is -0.340. The molecule has 2 heteroatoms. The zero-order chi connectivity index (χ0) is 26.9. The van der Waals surface area contributed by atoms with Crippen LogP contribution in [0.3, 0.4) is 0 Å². The Labute approximate surface area is 235 Å². The predicted molar refractivity (Wildman–Crippen MR) is 167 cm³/mol. The molecule has 222 valence electrons. The smallest absolute Gasteiger partial charge is 0.0780 e. The molecule has 0 aliphatic rings. The van der Waals surface area contributed by atoms with Gasteiger partial charge in [-0.15, -0.1) is 0 Å². The summed E-state index contributed by atoms with van der Waals surface area (Å²) in [5.74, 6) is 0. The molecule has 0 aromatic heterocycles. The molecule has 0 aromatic rings. The van der Waals surface area contributed by atoms with Gasteiger partial charge in [-0.05, 0) is 45.4 Å². The zero-order valence-electron chi connectivity index (χ0n) is 26.1. The molecule has 2 nitrogen and oxygen atoms in total. The molecular formula is C35H70O2. The van der Waals surface area contributed by atoms with Crippen LogP contribution in [0, 0.1) is 0 Å². The van der Waals surface area contributed by atoms with E-state index in [9.17, 15) is 0 Å². The van der Waals surface area contributed by atoms with Gasteiger partial charge in [-0.1, -0.05) is 154 Å². The molecule has 0 N–H and O–H groups in total. The Morgan fingerprint density at radius 3 is 1.24 bits per heavy atom. The molecule has 1 unspecified atom stereocenters. The molecule has 0 rings (SSSR count). The number of hydrogen-bond acceptors (Lipinski definition) is 2. The summed E-state index contributed by atoms with van der Waals surface area (Å²) in [5, 5.41) is 0. The predicted octanol–water partition coefficient (Wildman–Crippen LogP) is 12.1. The van der Waals surface area contributed by atoms with Gasteiger partial charge in [0.25, 0.3) is 0 Å². The van der Waals surface area contributed by atoms with E-state index in [-0.39, 0.29) is 6.10 Å². The molecule has 0 spiro atoms. The molecule has 0 amide bonds. The van der Waals surface area contributed by atoms with Crippen molar-refractivity contribution in [3.8, 4) is 0 Å². The molecule has 0 saturated heterocycles. The lowest BCUT2D eigenvalue weighted by Crippen LogP contribution is -2.17. The SMILES string of the molecule is CCCCCC/C=C/CCCCCCCCOC(C)COCCCCCCCCCCCCCCCC. The highest BCUT2D eigenvalue weighted by atomic mass is 16.5. The summed E-state index contributed by atoms with van der Waals surface area (Å²) in [4.78, 5) is 0. The van der Waals surface area contributed by atoms with Crippen LogP contribution < -0.4 is 0 Å². The highest BCUT2D eigenvalue weighted by Gasteiger charge is 2.02. The lowest BCUT2D eigenvalue weighted by atomic mass is 10.0. The molecular weight excluding hydrogens is 452 g/mol. The second kappa shape index (κ2) is 33.7. The molecule has 0 aliphatic carbocycles. The third kappa shape index (κ3) is 33.6. The van der Waals surface area contributed by atoms with E-state index in [0.717, 1.165) is 19.8 Å². The minimum absolute atomic E-state index is 0.236. The van der Waals surface area contributed by atoms with Crippen molar-refractivity contribution in [3.05, 3.63) is 12.2 Å². The van der Waals surface area contributed by atoms with Crippen LogP contribution in [0.15, 0.2) is 12.2 Å². The van der Waals surface area contributed by atoms with E-state index in [2.05, 4.69) is 32.9 Å². The van der Waals surface area contributed by atoms with Crippen molar-refractivity contribution < 1.29 is 9.47 Å². The number of rotatable bonds is 32. The fourth-order valence-corrected chi connectivity index (χ4v) is 4.98. The van der Waals surface area contributed by atoms with Gasteiger partial charge in [0.15, 0.2) is 0 Å². The Morgan fingerprint density at radius 1 is 0.432 bits per heavy atom. The minimum atomic E-state index is 0.236. The normalized spacial score (nSPS) is 12.6. The Morgan fingerprint density at radius 2 is 0.784 bits per heavy atom. The van der Waals surface area contributed by atoms with E-state index >= 15 is 0 Å². The average molecular weight is 523 g/mol. The first-order valence-corrected chi connectivity index (χ1v) is 17.2. The van der Waals surface area contributed by atoms with E-state index in [1.165, 1.54) is 167 Å². The van der Waals surface area contributed by atoms with Gasteiger partial charge < -0.3 is 9.47 Å². The summed E-state index contributed by atoms with van der Waals surface area (Å²) in [7, 11) is 0. The largest absolute Gasteiger partial charge is 0.379 e. The Bertz CT molecular complexity index is 419. The number of allylic oxidation sites excluding steroid dienone is 2. The van der Waals surface area contributed by atoms with Gasteiger partial charge in [-0.25, -0.2) is 0 Å². The molecule has 0 aliphatic heterocycles. The van der Waals surface area contributed by atoms with Gasteiger partial charge >= 0.3 is 0 Å². The first kappa shape index (κ1) is 36.7. The lowest BCUT2D eigenvalue weighted by Gasteiger charge is -2.13. The summed E-state index contributed by atoms with van der Waals surface area (Å²) in [6.45, 7) is 9.28. The van der Waals surface area contributed by atoms with E-state index in [1.807, 2.05) is 0 Å². The topological polar surface area (TPSA) is 18.5 Å². The van der Waals surface area contributed by atoms with Crippen LogP contribution in [0.4, 0.5) is 0 Å². The average Bonchev–Trinajstić information content (AvgIpc) is 2.90. The second-order valence-corrected chi connectivity index (χ2v) is 11.6. The molecule has 0 heterocycles. The first-order valence-electron chi connectivity index (χ1n) is 17.2. The van der Waals surface area contributed by atoms with Crippen LogP contribution in [0.25, 0.3) is 0 Å². The number of hydrogen-bond donors (Lipinski definition) is 0. The van der Waals surface area contributed by atoms with Crippen molar-refractivity contribution >= 4 is 0 Å². The number of unbranched alkanes of at least 4 members (excludes halogenated alkanes) is 23. The summed E-state index contributed by atoms with van der Waals surface area (Å²) in [5.41, 5.74) is 0. The van der Waals surface area contributed by atoms with Crippen LogP contribution in [-0.2, 0) is 9.47 Å². The van der Waals surface area contributed by atoms with E-state index < -0.39 is 0 Å². The molecule has 37 heavy (non-hydrogen) atoms. The third-order valence-corrected chi connectivity index (χ3v) is 7.55. The van der Waals surface area contributed by atoms with Crippen molar-refractivity contribution in [3.63, 3.8) is 0 Å². The Kier molecular flexibility index (Phi) is 33.4. The maximum Gasteiger partial charge on any atom is 0.0780 e. The van der Waals surface area contributed by atoms with Gasteiger partial charge in [-0.2, -0.15) is 0 Å². The second-order valence-electron chi connectivity index (χ2n) is 11.6. The molecule has 1 atom stereocenters. The van der Waals surface area contributed by atoms with Crippen LogP contribution >= 0.6 is 0 Å². The van der Waals surface area contributed by atoms with Crippen LogP contribution in [0.2, 0.25) is 0 Å². The van der Waals surface area contributed by atoms with Gasteiger partial charge in [0.2, 0.25) is 0 Å². The monoisotopic (exact) mass is 523 g/mol. The van der Waals surface area contributed by atoms with Crippen LogP contribution in [-0.4, -0.2) is 25.9 Å². The minimum Gasteiger partial charge on any atom is -0.379 e. The summed E-state index contributed by atoms with van der Waals surface area (Å²) >= 11 is 0. The van der Waals surface area contributed by atoms with E-state index in [4.69, 9.17) is 9.47 Å².